The predicted octanol–water partition coefficient (Wildman–Crippen LogP) is 3.51. The number of nitrogens with zero attached hydrogens (tertiary/aromatic N) is 2. The first-order valence-corrected chi connectivity index (χ1v) is 8.09. The van der Waals surface area contributed by atoms with Crippen LogP contribution < -0.4 is 5.32 Å². The fraction of sp³-hybridized carbons (Fsp3) is 0.588. The van der Waals surface area contributed by atoms with E-state index < -0.39 is 0 Å². The molecule has 0 unspecified atom stereocenters. The second-order valence-corrected chi connectivity index (χ2v) is 7.29. The summed E-state index contributed by atoms with van der Waals surface area (Å²) in [5.74, 6) is 0.636. The molecular weight excluding hydrogens is 278 g/mol. The highest BCUT2D eigenvalue weighted by atomic mass is 16.5. The van der Waals surface area contributed by atoms with Crippen LogP contribution in [0.4, 0.5) is 0 Å². The van der Waals surface area contributed by atoms with Crippen LogP contribution >= 0.6 is 0 Å². The van der Waals surface area contributed by atoms with Crippen molar-refractivity contribution in [2.75, 3.05) is 0 Å². The molecule has 4 rings (SSSR count). The zero-order valence-electron chi connectivity index (χ0n) is 13.3. The highest BCUT2D eigenvalue weighted by molar-refractivity contribution is 6.06. The number of aromatic nitrogens is 2. The molecule has 1 amide bonds. The van der Waals surface area contributed by atoms with E-state index in [-0.39, 0.29) is 17.4 Å². The second-order valence-electron chi connectivity index (χ2n) is 7.29. The first kappa shape index (κ1) is 13.7. The van der Waals surface area contributed by atoms with Gasteiger partial charge in [-0.1, -0.05) is 19.0 Å². The van der Waals surface area contributed by atoms with Crippen LogP contribution in [0.1, 0.15) is 80.0 Å². The SMILES string of the molecule is CC(C)c1noc2nc(C3CC3)cc(C(=O)NC3(C)CC3)c12. The summed E-state index contributed by atoms with van der Waals surface area (Å²) in [6.07, 6.45) is 4.37. The van der Waals surface area contributed by atoms with Crippen LogP contribution in [0.15, 0.2) is 10.6 Å². The summed E-state index contributed by atoms with van der Waals surface area (Å²) in [7, 11) is 0. The number of amides is 1. The number of hydrogen-bond donors (Lipinski definition) is 1. The molecule has 1 N–H and O–H groups in total. The van der Waals surface area contributed by atoms with Gasteiger partial charge < -0.3 is 9.84 Å². The van der Waals surface area contributed by atoms with Gasteiger partial charge in [0, 0.05) is 17.2 Å². The van der Waals surface area contributed by atoms with Crippen LogP contribution in [-0.4, -0.2) is 21.6 Å². The van der Waals surface area contributed by atoms with Gasteiger partial charge in [-0.3, -0.25) is 4.79 Å². The van der Waals surface area contributed by atoms with Crippen LogP contribution in [0.5, 0.6) is 0 Å². The lowest BCUT2D eigenvalue weighted by molar-refractivity contribution is 0.0937. The molecule has 22 heavy (non-hydrogen) atoms. The van der Waals surface area contributed by atoms with Crippen LogP contribution in [0.25, 0.3) is 11.1 Å². The van der Waals surface area contributed by atoms with E-state index in [1.807, 2.05) is 6.07 Å². The molecule has 2 aliphatic rings. The molecule has 0 aromatic carbocycles. The molecule has 116 valence electrons. The van der Waals surface area contributed by atoms with E-state index in [0.29, 0.717) is 17.2 Å². The molecule has 2 aliphatic carbocycles. The van der Waals surface area contributed by atoms with E-state index in [2.05, 4.69) is 36.2 Å². The Morgan fingerprint density at radius 1 is 1.41 bits per heavy atom. The predicted molar refractivity (Wildman–Crippen MR) is 83.0 cm³/mol. The maximum Gasteiger partial charge on any atom is 0.259 e. The molecule has 0 radical (unpaired) electrons. The van der Waals surface area contributed by atoms with Crippen LogP contribution in [-0.2, 0) is 0 Å². The molecule has 0 saturated heterocycles. The lowest BCUT2D eigenvalue weighted by Crippen LogP contribution is -2.34. The molecule has 0 bridgehead atoms. The van der Waals surface area contributed by atoms with E-state index >= 15 is 0 Å². The molecule has 2 aromatic heterocycles. The fourth-order valence-corrected chi connectivity index (χ4v) is 2.81. The summed E-state index contributed by atoms with van der Waals surface area (Å²) < 4.78 is 5.42. The number of carbonyl (C=O) groups excluding carboxylic acids is 1. The Labute approximate surface area is 129 Å². The molecule has 2 aromatic rings. The Morgan fingerprint density at radius 3 is 2.73 bits per heavy atom. The summed E-state index contributed by atoms with van der Waals surface area (Å²) in [6, 6.07) is 1.95. The Bertz CT molecular complexity index is 755. The number of nitrogens with one attached hydrogen (secondary N) is 1. The topological polar surface area (TPSA) is 68.0 Å². The van der Waals surface area contributed by atoms with Gasteiger partial charge in [0.25, 0.3) is 11.6 Å². The minimum Gasteiger partial charge on any atom is -0.347 e. The number of pyridine rings is 1. The molecule has 5 heteroatoms. The van der Waals surface area contributed by atoms with Gasteiger partial charge in [-0.15, -0.1) is 0 Å². The smallest absolute Gasteiger partial charge is 0.259 e. The van der Waals surface area contributed by atoms with Crippen molar-refractivity contribution in [3.8, 4) is 0 Å². The van der Waals surface area contributed by atoms with Crippen molar-refractivity contribution in [1.82, 2.24) is 15.5 Å². The largest absolute Gasteiger partial charge is 0.347 e. The third-order valence-corrected chi connectivity index (χ3v) is 4.70. The Hall–Kier alpha value is -1.91. The van der Waals surface area contributed by atoms with E-state index in [0.717, 1.165) is 42.5 Å². The van der Waals surface area contributed by atoms with Crippen LogP contribution in [0.3, 0.4) is 0 Å². The minimum atomic E-state index is -0.0401. The number of hydrogen-bond acceptors (Lipinski definition) is 4. The van der Waals surface area contributed by atoms with Gasteiger partial charge >= 0.3 is 0 Å². The van der Waals surface area contributed by atoms with Gasteiger partial charge in [-0.2, -0.15) is 0 Å². The lowest BCUT2D eigenvalue weighted by atomic mass is 10.0. The molecular formula is C17H21N3O2. The third-order valence-electron chi connectivity index (χ3n) is 4.70. The molecule has 0 spiro atoms. The van der Waals surface area contributed by atoms with Crippen LogP contribution in [0, 0.1) is 0 Å². The molecule has 2 heterocycles. The Morgan fingerprint density at radius 2 is 2.14 bits per heavy atom. The highest BCUT2D eigenvalue weighted by Gasteiger charge is 2.39. The lowest BCUT2D eigenvalue weighted by Gasteiger charge is -2.13. The number of fused-ring (bicyclic) bond motifs is 1. The summed E-state index contributed by atoms with van der Waals surface area (Å²) in [5.41, 5.74) is 2.91. The first-order chi connectivity index (χ1) is 10.5. The number of rotatable bonds is 4. The summed E-state index contributed by atoms with van der Waals surface area (Å²) in [5, 5.41) is 8.08. The fourth-order valence-electron chi connectivity index (χ4n) is 2.81. The van der Waals surface area contributed by atoms with E-state index in [4.69, 9.17) is 4.52 Å². The highest BCUT2D eigenvalue weighted by Crippen LogP contribution is 2.41. The average molecular weight is 299 g/mol. The Balaban J connectivity index is 1.84. The van der Waals surface area contributed by atoms with Crippen molar-refractivity contribution in [2.45, 2.75) is 63.8 Å². The van der Waals surface area contributed by atoms with E-state index in [9.17, 15) is 4.79 Å². The van der Waals surface area contributed by atoms with Crippen molar-refractivity contribution in [1.29, 1.82) is 0 Å². The van der Waals surface area contributed by atoms with E-state index in [1.165, 1.54) is 0 Å². The monoisotopic (exact) mass is 299 g/mol. The van der Waals surface area contributed by atoms with Gasteiger partial charge in [-0.25, -0.2) is 4.98 Å². The zero-order valence-corrected chi connectivity index (χ0v) is 13.3. The molecule has 5 nitrogen and oxygen atoms in total. The molecule has 0 aliphatic heterocycles. The second kappa shape index (κ2) is 4.54. The molecule has 0 atom stereocenters. The van der Waals surface area contributed by atoms with Gasteiger partial charge in [-0.05, 0) is 44.6 Å². The van der Waals surface area contributed by atoms with Crippen molar-refractivity contribution in [2.24, 2.45) is 0 Å². The average Bonchev–Trinajstić information content (AvgIpc) is 3.38. The maximum atomic E-state index is 12.8. The quantitative estimate of drug-likeness (QED) is 0.938. The molecule has 2 fully saturated rings. The van der Waals surface area contributed by atoms with Gasteiger partial charge in [0.05, 0.1) is 16.6 Å². The third kappa shape index (κ3) is 2.28. The molecule has 2 saturated carbocycles. The van der Waals surface area contributed by atoms with Gasteiger partial charge in [0.2, 0.25) is 0 Å². The van der Waals surface area contributed by atoms with E-state index in [1.54, 1.807) is 0 Å². The van der Waals surface area contributed by atoms with Gasteiger partial charge in [0.15, 0.2) is 0 Å². The van der Waals surface area contributed by atoms with Crippen molar-refractivity contribution < 1.29 is 9.32 Å². The van der Waals surface area contributed by atoms with Gasteiger partial charge in [0.1, 0.15) is 0 Å². The standard InChI is InChI=1S/C17H21N3O2/c1-9(2)14-13-11(15(21)19-17(3)6-7-17)8-12(10-4-5-10)18-16(13)22-20-14/h8-10H,4-7H2,1-3H3,(H,19,21). The van der Waals surface area contributed by atoms with Crippen molar-refractivity contribution in [3.63, 3.8) is 0 Å². The maximum absolute atomic E-state index is 12.8. The summed E-state index contributed by atoms with van der Waals surface area (Å²) in [4.78, 5) is 17.4. The normalized spacial score (nSPS) is 19.6. The number of carbonyl (C=O) groups is 1. The minimum absolute atomic E-state index is 0.0283. The van der Waals surface area contributed by atoms with Crippen molar-refractivity contribution >= 4 is 17.0 Å². The first-order valence-electron chi connectivity index (χ1n) is 8.09. The Kier molecular flexibility index (Phi) is 2.83. The zero-order chi connectivity index (χ0) is 15.5. The van der Waals surface area contributed by atoms with Crippen LogP contribution in [0.2, 0.25) is 0 Å². The summed E-state index contributed by atoms with van der Waals surface area (Å²) in [6.45, 7) is 6.19. The summed E-state index contributed by atoms with van der Waals surface area (Å²) >= 11 is 0. The van der Waals surface area contributed by atoms with Crippen molar-refractivity contribution in [3.05, 3.63) is 23.0 Å².